The van der Waals surface area contributed by atoms with Crippen LogP contribution in [0, 0.1) is 5.82 Å². The van der Waals surface area contributed by atoms with Crippen molar-refractivity contribution in [3.05, 3.63) is 29.6 Å². The van der Waals surface area contributed by atoms with Gasteiger partial charge >= 0.3 is 5.97 Å². The van der Waals surface area contributed by atoms with Gasteiger partial charge in [0.2, 0.25) is 0 Å². The number of carbonyl (C=O) groups is 1. The van der Waals surface area contributed by atoms with E-state index >= 15 is 0 Å². The Hall–Kier alpha value is -1.62. The third-order valence-corrected chi connectivity index (χ3v) is 2.50. The molecular formula is C15H22FNO3. The molecule has 0 radical (unpaired) electrons. The molecule has 0 spiro atoms. The summed E-state index contributed by atoms with van der Waals surface area (Å²) in [5.41, 5.74) is 0.578. The first kappa shape index (κ1) is 16.4. The fraction of sp³-hybridized carbons (Fsp3) is 0.533. The first-order chi connectivity index (χ1) is 9.33. The van der Waals surface area contributed by atoms with Crippen molar-refractivity contribution < 1.29 is 18.7 Å². The molecule has 1 aromatic rings. The van der Waals surface area contributed by atoms with Crippen LogP contribution in [0.3, 0.4) is 0 Å². The molecule has 0 aliphatic heterocycles. The van der Waals surface area contributed by atoms with Crippen molar-refractivity contribution in [1.29, 1.82) is 0 Å². The summed E-state index contributed by atoms with van der Waals surface area (Å²) in [5, 5.41) is 3.26. The summed E-state index contributed by atoms with van der Waals surface area (Å²) in [7, 11) is 0. The minimum Gasteiger partial charge on any atom is -0.478 e. The zero-order chi connectivity index (χ0) is 15.2. The van der Waals surface area contributed by atoms with Gasteiger partial charge in [-0.3, -0.25) is 0 Å². The molecule has 0 atom stereocenters. The summed E-state index contributed by atoms with van der Waals surface area (Å²) in [6.45, 7) is 8.20. The number of rotatable bonds is 6. The monoisotopic (exact) mass is 283 g/mol. The van der Waals surface area contributed by atoms with Gasteiger partial charge in [0.15, 0.2) is 18.2 Å². The van der Waals surface area contributed by atoms with Crippen molar-refractivity contribution >= 4 is 5.97 Å². The van der Waals surface area contributed by atoms with E-state index in [1.165, 1.54) is 6.07 Å². The van der Waals surface area contributed by atoms with E-state index in [-0.39, 0.29) is 24.5 Å². The van der Waals surface area contributed by atoms with Gasteiger partial charge in [0.25, 0.3) is 0 Å². The molecule has 112 valence electrons. The summed E-state index contributed by atoms with van der Waals surface area (Å²) < 4.78 is 23.8. The van der Waals surface area contributed by atoms with E-state index in [9.17, 15) is 9.18 Å². The van der Waals surface area contributed by atoms with Crippen LogP contribution < -0.4 is 10.1 Å². The van der Waals surface area contributed by atoms with Gasteiger partial charge in [-0.1, -0.05) is 12.1 Å². The minimum absolute atomic E-state index is 0.0925. The lowest BCUT2D eigenvalue weighted by atomic mass is 10.1. The second kappa shape index (κ2) is 7.24. The summed E-state index contributed by atoms with van der Waals surface area (Å²) in [6.07, 6.45) is 0. The van der Waals surface area contributed by atoms with Crippen LogP contribution >= 0.6 is 0 Å². The smallest absolute Gasteiger partial charge is 0.344 e. The first-order valence-corrected chi connectivity index (χ1v) is 6.64. The van der Waals surface area contributed by atoms with Crippen LogP contribution in [0.25, 0.3) is 0 Å². The van der Waals surface area contributed by atoms with Gasteiger partial charge in [-0.15, -0.1) is 0 Å². The van der Waals surface area contributed by atoms with Gasteiger partial charge in [-0.25, -0.2) is 9.18 Å². The van der Waals surface area contributed by atoms with E-state index in [0.717, 1.165) is 0 Å². The summed E-state index contributed by atoms with van der Waals surface area (Å²) in [5.74, 6) is -0.898. The zero-order valence-corrected chi connectivity index (χ0v) is 12.5. The average Bonchev–Trinajstić information content (AvgIpc) is 2.34. The molecule has 4 nitrogen and oxygen atoms in total. The molecule has 0 unspecified atom stereocenters. The molecular weight excluding hydrogens is 261 g/mol. The van der Waals surface area contributed by atoms with Gasteiger partial charge < -0.3 is 14.8 Å². The molecule has 0 aliphatic carbocycles. The predicted octanol–water partition coefficient (Wildman–Crippen LogP) is 2.66. The minimum atomic E-state index is -0.509. The van der Waals surface area contributed by atoms with Crippen molar-refractivity contribution in [3.8, 4) is 5.75 Å². The summed E-state index contributed by atoms with van der Waals surface area (Å²) in [6, 6.07) is 4.69. The number of nitrogens with one attached hydrogen (secondary N) is 1. The molecule has 20 heavy (non-hydrogen) atoms. The quantitative estimate of drug-likeness (QED) is 0.815. The van der Waals surface area contributed by atoms with E-state index in [2.05, 4.69) is 5.32 Å². The Bertz CT molecular complexity index is 455. The standard InChI is InChI=1S/C15H22FNO3/c1-5-19-13(18)10-20-14-11(7-6-8-12(14)16)9-17-15(2,3)4/h6-8,17H,5,9-10H2,1-4H3. The normalized spacial score (nSPS) is 11.2. The Labute approximate surface area is 119 Å². The molecule has 0 saturated carbocycles. The van der Waals surface area contributed by atoms with Gasteiger partial charge in [0.05, 0.1) is 6.61 Å². The molecule has 1 N–H and O–H groups in total. The van der Waals surface area contributed by atoms with E-state index in [1.54, 1.807) is 19.1 Å². The molecule has 1 aromatic carbocycles. The number of esters is 1. The average molecular weight is 283 g/mol. The van der Waals surface area contributed by atoms with Crippen LogP contribution in [0.5, 0.6) is 5.75 Å². The number of hydrogen-bond donors (Lipinski definition) is 1. The Morgan fingerprint density at radius 2 is 2.05 bits per heavy atom. The number of para-hydroxylation sites is 1. The lowest BCUT2D eigenvalue weighted by Crippen LogP contribution is -2.35. The van der Waals surface area contributed by atoms with Crippen molar-refractivity contribution in [1.82, 2.24) is 5.32 Å². The molecule has 0 amide bonds. The number of ether oxygens (including phenoxy) is 2. The topological polar surface area (TPSA) is 47.6 Å². The van der Waals surface area contributed by atoms with Crippen LogP contribution in [0.1, 0.15) is 33.3 Å². The molecule has 0 saturated heterocycles. The van der Waals surface area contributed by atoms with Gasteiger partial charge in [0, 0.05) is 17.6 Å². The van der Waals surface area contributed by atoms with E-state index in [0.29, 0.717) is 12.1 Å². The second-order valence-corrected chi connectivity index (χ2v) is 5.43. The highest BCUT2D eigenvalue weighted by molar-refractivity contribution is 5.71. The first-order valence-electron chi connectivity index (χ1n) is 6.64. The largest absolute Gasteiger partial charge is 0.478 e. The van der Waals surface area contributed by atoms with E-state index in [4.69, 9.17) is 9.47 Å². The summed E-state index contributed by atoms with van der Waals surface area (Å²) >= 11 is 0. The Morgan fingerprint density at radius 1 is 1.35 bits per heavy atom. The maximum Gasteiger partial charge on any atom is 0.344 e. The second-order valence-electron chi connectivity index (χ2n) is 5.43. The fourth-order valence-corrected chi connectivity index (χ4v) is 1.55. The molecule has 0 aliphatic rings. The highest BCUT2D eigenvalue weighted by Gasteiger charge is 2.15. The van der Waals surface area contributed by atoms with Crippen molar-refractivity contribution in [2.45, 2.75) is 39.8 Å². The molecule has 0 bridgehead atoms. The predicted molar refractivity (Wildman–Crippen MR) is 75.1 cm³/mol. The Balaban J connectivity index is 2.75. The van der Waals surface area contributed by atoms with Crippen LogP contribution in [0.2, 0.25) is 0 Å². The van der Waals surface area contributed by atoms with Gasteiger partial charge in [-0.05, 0) is 33.8 Å². The fourth-order valence-electron chi connectivity index (χ4n) is 1.55. The molecule has 1 rings (SSSR count). The molecule has 0 fully saturated rings. The summed E-state index contributed by atoms with van der Waals surface area (Å²) in [4.78, 5) is 11.3. The third-order valence-electron chi connectivity index (χ3n) is 2.50. The molecule has 0 aromatic heterocycles. The van der Waals surface area contributed by atoms with E-state index < -0.39 is 11.8 Å². The van der Waals surface area contributed by atoms with Crippen molar-refractivity contribution in [2.75, 3.05) is 13.2 Å². The van der Waals surface area contributed by atoms with Crippen LogP contribution in [-0.2, 0) is 16.1 Å². The van der Waals surface area contributed by atoms with Crippen molar-refractivity contribution in [3.63, 3.8) is 0 Å². The lowest BCUT2D eigenvalue weighted by Gasteiger charge is -2.21. The maximum absolute atomic E-state index is 13.8. The third kappa shape index (κ3) is 5.57. The van der Waals surface area contributed by atoms with Crippen LogP contribution in [0.15, 0.2) is 18.2 Å². The number of benzene rings is 1. The zero-order valence-electron chi connectivity index (χ0n) is 12.5. The van der Waals surface area contributed by atoms with Crippen LogP contribution in [0.4, 0.5) is 4.39 Å². The lowest BCUT2D eigenvalue weighted by molar-refractivity contribution is -0.145. The van der Waals surface area contributed by atoms with Crippen molar-refractivity contribution in [2.24, 2.45) is 0 Å². The Morgan fingerprint density at radius 3 is 2.65 bits per heavy atom. The van der Waals surface area contributed by atoms with E-state index in [1.807, 2.05) is 20.8 Å². The number of halogens is 1. The molecule has 0 heterocycles. The highest BCUT2D eigenvalue weighted by atomic mass is 19.1. The highest BCUT2D eigenvalue weighted by Crippen LogP contribution is 2.23. The van der Waals surface area contributed by atoms with Gasteiger partial charge in [0.1, 0.15) is 0 Å². The van der Waals surface area contributed by atoms with Crippen LogP contribution in [-0.4, -0.2) is 24.7 Å². The van der Waals surface area contributed by atoms with Gasteiger partial charge in [-0.2, -0.15) is 0 Å². The Kier molecular flexibility index (Phi) is 5.95. The number of hydrogen-bond acceptors (Lipinski definition) is 4. The maximum atomic E-state index is 13.8. The molecule has 5 heteroatoms. The SMILES string of the molecule is CCOC(=O)COc1c(F)cccc1CNC(C)(C)C. The number of carbonyl (C=O) groups excluding carboxylic acids is 1.